The monoisotopic (exact) mass is 130 g/mol. The van der Waals surface area contributed by atoms with Gasteiger partial charge in [0, 0.05) is 9.11 Å². The minimum absolute atomic E-state index is 0. The Labute approximate surface area is 72.2 Å². The molecule has 0 bridgehead atoms. The summed E-state index contributed by atoms with van der Waals surface area (Å²) in [4.78, 5) is 19.8. The van der Waals surface area contributed by atoms with Crippen molar-refractivity contribution in [1.29, 1.82) is 0 Å². The van der Waals surface area contributed by atoms with Crippen LogP contribution in [0.3, 0.4) is 0 Å². The fourth-order valence-corrected chi connectivity index (χ4v) is 0.102. The summed E-state index contributed by atoms with van der Waals surface area (Å²) in [5.74, 6) is -3.51. The molecule has 0 aromatic heterocycles. The first-order valence-electron chi connectivity index (χ1n) is 2.61. The molecular formula is C4H5NaO3. The first-order chi connectivity index (χ1) is 3.85. The van der Waals surface area contributed by atoms with E-state index in [-0.39, 0.29) is 29.6 Å². The molecule has 0 heterocycles. The molecule has 0 aliphatic carbocycles. The molecule has 0 radical (unpaired) electrons. The number of hydrogen-bond acceptors (Lipinski definition) is 3. The first-order valence-corrected chi connectivity index (χ1v) is 1.61. The molecule has 0 aliphatic heterocycles. The summed E-state index contributed by atoms with van der Waals surface area (Å²) in [6.45, 7) is 0.866. The van der Waals surface area contributed by atoms with Gasteiger partial charge in [-0.1, -0.05) is 6.92 Å². The van der Waals surface area contributed by atoms with Crippen molar-refractivity contribution in [1.82, 2.24) is 0 Å². The molecule has 0 saturated heterocycles. The number of carbonyl (C=O) groups is 2. The SMILES string of the molecule is [2H][13C]([2H])([13CH3])[13C](=O)[13C](=O)[O-].[Na+]. The van der Waals surface area contributed by atoms with E-state index in [2.05, 4.69) is 0 Å². The number of ketones is 1. The van der Waals surface area contributed by atoms with Gasteiger partial charge in [-0.2, -0.15) is 0 Å². The molecule has 0 saturated carbocycles. The zero-order valence-corrected chi connectivity index (χ0v) is 6.72. The van der Waals surface area contributed by atoms with E-state index in [1.54, 1.807) is 0 Å². The van der Waals surface area contributed by atoms with Gasteiger partial charge < -0.3 is 9.90 Å². The van der Waals surface area contributed by atoms with E-state index >= 15 is 0 Å². The van der Waals surface area contributed by atoms with Crippen molar-refractivity contribution in [2.75, 3.05) is 0 Å². The second kappa shape index (κ2) is 5.28. The minimum Gasteiger partial charge on any atom is -0.542 e. The number of aliphatic carboxylic acids is 1. The van der Waals surface area contributed by atoms with Gasteiger partial charge in [0.2, 0.25) is 0 Å². The molecule has 0 unspecified atom stereocenters. The van der Waals surface area contributed by atoms with Gasteiger partial charge in [-0.15, -0.1) is 0 Å². The van der Waals surface area contributed by atoms with Gasteiger partial charge >= 0.3 is 29.6 Å². The van der Waals surface area contributed by atoms with Crippen molar-refractivity contribution in [2.45, 2.75) is 13.3 Å². The molecule has 40 valence electrons. The molecule has 4 heteroatoms. The van der Waals surface area contributed by atoms with E-state index in [4.69, 9.17) is 2.74 Å². The van der Waals surface area contributed by atoms with Crippen LogP contribution in [0.5, 0.6) is 0 Å². The Bertz CT molecular complexity index is 151. The molecular weight excluding hydrogens is 123 g/mol. The van der Waals surface area contributed by atoms with E-state index < -0.39 is 18.1 Å². The largest absolute Gasteiger partial charge is 1.00 e. The minimum atomic E-state index is -2.32. The maximum atomic E-state index is 10.1. The number of Topliss-reactive ketones (excluding diaryl/α,β-unsaturated/α-hetero) is 1. The number of hydrogen-bond donors (Lipinski definition) is 0. The van der Waals surface area contributed by atoms with Crippen LogP contribution in [0.25, 0.3) is 0 Å². The van der Waals surface area contributed by atoms with Gasteiger partial charge in [-0.25, -0.2) is 0 Å². The van der Waals surface area contributed by atoms with Crippen LogP contribution in [-0.2, 0) is 9.59 Å². The van der Waals surface area contributed by atoms with Crippen LogP contribution < -0.4 is 34.7 Å². The van der Waals surface area contributed by atoms with Crippen LogP contribution in [0.1, 0.15) is 16.0 Å². The normalized spacial score (nSPS) is 12.6. The third-order valence-corrected chi connectivity index (χ3v) is 0.412. The van der Waals surface area contributed by atoms with Crippen molar-refractivity contribution in [3.8, 4) is 0 Å². The molecule has 0 aromatic carbocycles. The van der Waals surface area contributed by atoms with Crippen molar-refractivity contribution in [3.63, 3.8) is 0 Å². The molecule has 0 N–H and O–H groups in total. The summed E-state index contributed by atoms with van der Waals surface area (Å²) >= 11 is 0. The third kappa shape index (κ3) is 4.30. The van der Waals surface area contributed by atoms with E-state index in [1.807, 2.05) is 0 Å². The fourth-order valence-electron chi connectivity index (χ4n) is 0.102. The number of carboxylic acid groups (broad SMARTS) is 1. The second-order valence-electron chi connectivity index (χ2n) is 0.867. The molecule has 0 fully saturated rings. The molecule has 0 amide bonds. The molecule has 0 spiro atoms. The van der Waals surface area contributed by atoms with Gasteiger partial charge in [0.1, 0.15) is 5.97 Å². The number of carbonyl (C=O) groups excluding carboxylic acids is 2. The van der Waals surface area contributed by atoms with E-state index in [0.29, 0.717) is 0 Å². The van der Waals surface area contributed by atoms with Crippen LogP contribution >= 0.6 is 0 Å². The van der Waals surface area contributed by atoms with Crippen molar-refractivity contribution in [3.05, 3.63) is 0 Å². The van der Waals surface area contributed by atoms with Crippen LogP contribution in [0, 0.1) is 0 Å². The van der Waals surface area contributed by atoms with E-state index in [0.717, 1.165) is 6.92 Å². The topological polar surface area (TPSA) is 57.2 Å². The first kappa shape index (κ1) is 6.26. The summed E-state index contributed by atoms with van der Waals surface area (Å²) in [7, 11) is 0. The quantitative estimate of drug-likeness (QED) is 0.216. The zero-order chi connectivity index (χ0) is 7.65. The van der Waals surface area contributed by atoms with Gasteiger partial charge in [0.15, 0.2) is 5.78 Å². The molecule has 0 rings (SSSR count). The standard InChI is InChI=1S/C4H6O3.Na/c1-2-3(5)4(6)7;/h2H2,1H3,(H,6,7);/q;+1/p-1/i1+1,2+1D2,3+1,4+1;. The Morgan fingerprint density at radius 2 is 2.12 bits per heavy atom. The van der Waals surface area contributed by atoms with Crippen molar-refractivity contribution in [2.24, 2.45) is 0 Å². The van der Waals surface area contributed by atoms with Crippen molar-refractivity contribution < 1.29 is 47.0 Å². The fraction of sp³-hybridized carbons (Fsp3) is 0.500. The van der Waals surface area contributed by atoms with Crippen LogP contribution in [-0.4, -0.2) is 11.8 Å². The Morgan fingerprint density at radius 3 is 2.12 bits per heavy atom. The Hall–Kier alpha value is 0.140. The van der Waals surface area contributed by atoms with Gasteiger partial charge in [0.25, 0.3) is 0 Å². The van der Waals surface area contributed by atoms with Crippen LogP contribution in [0.4, 0.5) is 0 Å². The predicted octanol–water partition coefficient (Wildman–Crippen LogP) is -4.28. The summed E-state index contributed by atoms with van der Waals surface area (Å²) in [6, 6.07) is 0. The summed E-state index contributed by atoms with van der Waals surface area (Å²) in [5, 5.41) is 9.65. The Balaban J connectivity index is 0. The van der Waals surface area contributed by atoms with E-state index in [9.17, 15) is 14.7 Å². The average Bonchev–Trinajstić information content (AvgIpc) is 1.62. The summed E-state index contributed by atoms with van der Waals surface area (Å²) in [5.41, 5.74) is 0. The average molecular weight is 130 g/mol. The maximum Gasteiger partial charge on any atom is 1.00 e. The smallest absolute Gasteiger partial charge is 0.542 e. The maximum absolute atomic E-state index is 10.1. The summed E-state index contributed by atoms with van der Waals surface area (Å²) in [6.07, 6.45) is -2.32. The van der Waals surface area contributed by atoms with Crippen molar-refractivity contribution >= 4 is 11.8 Å². The summed E-state index contributed by atoms with van der Waals surface area (Å²) < 4.78 is 13.1. The van der Waals surface area contributed by atoms with Gasteiger partial charge in [0.05, 0.1) is 0 Å². The second-order valence-corrected chi connectivity index (χ2v) is 0.867. The Morgan fingerprint density at radius 1 is 1.75 bits per heavy atom. The zero-order valence-electron chi connectivity index (χ0n) is 6.72. The van der Waals surface area contributed by atoms with E-state index in [1.165, 1.54) is 0 Å². The third-order valence-electron chi connectivity index (χ3n) is 0.412. The molecule has 0 aromatic rings. The molecule has 8 heavy (non-hydrogen) atoms. The number of rotatable bonds is 2. The van der Waals surface area contributed by atoms with Gasteiger partial charge in [-0.3, -0.25) is 4.79 Å². The molecule has 0 atom stereocenters. The van der Waals surface area contributed by atoms with Crippen LogP contribution in [0.15, 0.2) is 0 Å². The molecule has 3 nitrogen and oxygen atoms in total. The Kier molecular flexibility index (Phi) is 4.13. The van der Waals surface area contributed by atoms with Crippen LogP contribution in [0.2, 0.25) is 0 Å². The number of carboxylic acids is 1. The molecule has 0 aliphatic rings. The van der Waals surface area contributed by atoms with Gasteiger partial charge in [-0.05, 0) is 0 Å². The predicted molar refractivity (Wildman–Crippen MR) is 20.3 cm³/mol.